The molecule has 2 heterocycles. The Morgan fingerprint density at radius 3 is 2.33 bits per heavy atom. The zero-order chi connectivity index (χ0) is 24.2. The number of aromatic nitrogens is 1. The molecule has 1 atom stereocenters. The number of benzene rings is 1. The van der Waals surface area contributed by atoms with Crippen molar-refractivity contribution in [3.8, 4) is 0 Å². The monoisotopic (exact) mass is 451 g/mol. The van der Waals surface area contributed by atoms with E-state index in [9.17, 15) is 9.59 Å². The molecule has 1 unspecified atom stereocenters. The van der Waals surface area contributed by atoms with Gasteiger partial charge in [0.1, 0.15) is 5.60 Å². The van der Waals surface area contributed by atoms with E-state index >= 15 is 0 Å². The second-order valence-corrected chi connectivity index (χ2v) is 10.1. The highest BCUT2D eigenvalue weighted by molar-refractivity contribution is 5.79. The van der Waals surface area contributed by atoms with E-state index in [0.717, 1.165) is 11.3 Å². The van der Waals surface area contributed by atoms with Gasteiger partial charge >= 0.3 is 6.09 Å². The molecule has 1 aromatic carbocycles. The number of carbonyl (C=O) groups is 2. The Morgan fingerprint density at radius 1 is 1.09 bits per heavy atom. The van der Waals surface area contributed by atoms with Gasteiger partial charge in [0.2, 0.25) is 5.91 Å². The first-order valence-electron chi connectivity index (χ1n) is 11.8. The lowest BCUT2D eigenvalue weighted by Gasteiger charge is -2.35. The van der Waals surface area contributed by atoms with E-state index in [4.69, 9.17) is 4.74 Å². The van der Waals surface area contributed by atoms with Crippen LogP contribution in [0.15, 0.2) is 42.6 Å². The van der Waals surface area contributed by atoms with E-state index in [0.29, 0.717) is 32.5 Å². The third kappa shape index (κ3) is 6.34. The molecule has 6 heteroatoms. The van der Waals surface area contributed by atoms with Gasteiger partial charge in [-0.1, -0.05) is 30.3 Å². The molecule has 1 aliphatic heterocycles. The van der Waals surface area contributed by atoms with E-state index in [1.54, 1.807) is 4.90 Å². The van der Waals surface area contributed by atoms with Crippen LogP contribution in [0.1, 0.15) is 61.9 Å². The molecule has 1 saturated heterocycles. The van der Waals surface area contributed by atoms with Gasteiger partial charge in [-0.15, -0.1) is 0 Å². The van der Waals surface area contributed by atoms with Crippen LogP contribution >= 0.6 is 0 Å². The molecule has 0 spiro atoms. The molecule has 2 aromatic rings. The van der Waals surface area contributed by atoms with Gasteiger partial charge in [-0.05, 0) is 70.2 Å². The molecule has 1 fully saturated rings. The summed E-state index contributed by atoms with van der Waals surface area (Å²) in [6, 6.07) is 12.3. The lowest BCUT2D eigenvalue weighted by molar-refractivity contribution is -0.135. The van der Waals surface area contributed by atoms with Crippen molar-refractivity contribution in [2.75, 3.05) is 26.7 Å². The number of likely N-dealkylation sites (N-methyl/N-ethyl adjacent to an activating group) is 1. The van der Waals surface area contributed by atoms with Crippen LogP contribution in [0.2, 0.25) is 0 Å². The fourth-order valence-electron chi connectivity index (χ4n) is 4.48. The maximum absolute atomic E-state index is 13.3. The molecule has 178 valence electrons. The Labute approximate surface area is 197 Å². The van der Waals surface area contributed by atoms with Crippen LogP contribution in [0, 0.1) is 19.8 Å². The molecule has 0 saturated carbocycles. The van der Waals surface area contributed by atoms with Crippen molar-refractivity contribution in [2.24, 2.45) is 5.92 Å². The Morgan fingerprint density at radius 2 is 1.73 bits per heavy atom. The smallest absolute Gasteiger partial charge is 0.410 e. The van der Waals surface area contributed by atoms with Crippen molar-refractivity contribution >= 4 is 12.0 Å². The fourth-order valence-corrected chi connectivity index (χ4v) is 4.48. The molecule has 2 amide bonds. The van der Waals surface area contributed by atoms with E-state index in [2.05, 4.69) is 37.0 Å². The average molecular weight is 452 g/mol. The summed E-state index contributed by atoms with van der Waals surface area (Å²) in [6.07, 6.45) is 2.83. The number of nitrogens with zero attached hydrogens (tertiary/aromatic N) is 3. The zero-order valence-electron chi connectivity index (χ0n) is 20.8. The molecular weight excluding hydrogens is 414 g/mol. The minimum Gasteiger partial charge on any atom is -0.444 e. The molecule has 0 N–H and O–H groups in total. The van der Waals surface area contributed by atoms with Crippen molar-refractivity contribution in [3.63, 3.8) is 0 Å². The molecule has 6 nitrogen and oxygen atoms in total. The third-order valence-electron chi connectivity index (χ3n) is 6.27. The number of pyridine rings is 1. The number of ether oxygens (including phenoxy) is 1. The van der Waals surface area contributed by atoms with E-state index < -0.39 is 5.60 Å². The van der Waals surface area contributed by atoms with Crippen LogP contribution < -0.4 is 0 Å². The second-order valence-electron chi connectivity index (χ2n) is 10.1. The maximum Gasteiger partial charge on any atom is 0.410 e. The summed E-state index contributed by atoms with van der Waals surface area (Å²) in [5.74, 6) is 0.0465. The van der Waals surface area contributed by atoms with Crippen LogP contribution in [0.4, 0.5) is 4.79 Å². The largest absolute Gasteiger partial charge is 0.444 e. The van der Waals surface area contributed by atoms with Crippen LogP contribution in [0.3, 0.4) is 0 Å². The molecular formula is C27H37N3O3. The highest BCUT2D eigenvalue weighted by atomic mass is 16.6. The van der Waals surface area contributed by atoms with Crippen molar-refractivity contribution in [1.82, 2.24) is 14.8 Å². The summed E-state index contributed by atoms with van der Waals surface area (Å²) in [5.41, 5.74) is 4.00. The summed E-state index contributed by atoms with van der Waals surface area (Å²) in [5, 5.41) is 0. The maximum atomic E-state index is 13.3. The highest BCUT2D eigenvalue weighted by Gasteiger charge is 2.32. The first kappa shape index (κ1) is 24.7. The second kappa shape index (κ2) is 10.4. The number of amides is 2. The van der Waals surface area contributed by atoms with Gasteiger partial charge in [-0.3, -0.25) is 9.78 Å². The first-order valence-corrected chi connectivity index (χ1v) is 11.8. The topological polar surface area (TPSA) is 62.7 Å². The Balaban J connectivity index is 1.70. The van der Waals surface area contributed by atoms with Gasteiger partial charge in [-0.25, -0.2) is 4.79 Å². The average Bonchev–Trinajstić information content (AvgIpc) is 2.77. The normalized spacial score (nSPS) is 15.8. The first-order chi connectivity index (χ1) is 15.6. The summed E-state index contributed by atoms with van der Waals surface area (Å²) in [7, 11) is 1.88. The SMILES string of the molecule is Cc1ccccc1C(CN(C)C(=O)C1CCN(C(=O)OC(C)(C)C)CC1)c1ncccc1C. The Kier molecular flexibility index (Phi) is 7.77. The molecule has 0 aliphatic carbocycles. The minimum absolute atomic E-state index is 0.00297. The molecule has 33 heavy (non-hydrogen) atoms. The number of rotatable bonds is 5. The fraction of sp³-hybridized carbons (Fsp3) is 0.519. The summed E-state index contributed by atoms with van der Waals surface area (Å²) in [4.78, 5) is 33.9. The van der Waals surface area contributed by atoms with Gasteiger partial charge in [0.25, 0.3) is 0 Å². The number of likely N-dealkylation sites (tertiary alicyclic amines) is 1. The van der Waals surface area contributed by atoms with Gasteiger partial charge in [0.05, 0.1) is 5.69 Å². The quantitative estimate of drug-likeness (QED) is 0.646. The van der Waals surface area contributed by atoms with E-state index in [-0.39, 0.29) is 23.8 Å². The summed E-state index contributed by atoms with van der Waals surface area (Å²) < 4.78 is 5.48. The van der Waals surface area contributed by atoms with E-state index in [1.807, 2.05) is 57.1 Å². The van der Waals surface area contributed by atoms with Crippen LogP contribution in [0.25, 0.3) is 0 Å². The van der Waals surface area contributed by atoms with Gasteiger partial charge in [0, 0.05) is 44.7 Å². The molecule has 0 radical (unpaired) electrons. The number of piperidine rings is 1. The molecule has 0 bridgehead atoms. The predicted octanol–water partition coefficient (Wildman–Crippen LogP) is 4.94. The Bertz CT molecular complexity index is 929. The van der Waals surface area contributed by atoms with Crippen LogP contribution in [-0.4, -0.2) is 59.1 Å². The Hall–Kier alpha value is -2.89. The molecule has 1 aromatic heterocycles. The van der Waals surface area contributed by atoms with Gasteiger partial charge < -0.3 is 14.5 Å². The highest BCUT2D eigenvalue weighted by Crippen LogP contribution is 2.30. The van der Waals surface area contributed by atoms with Crippen molar-refractivity contribution in [1.29, 1.82) is 0 Å². The summed E-state index contributed by atoms with van der Waals surface area (Å²) >= 11 is 0. The van der Waals surface area contributed by atoms with Crippen molar-refractivity contribution < 1.29 is 14.3 Å². The predicted molar refractivity (Wildman–Crippen MR) is 130 cm³/mol. The van der Waals surface area contributed by atoms with Crippen molar-refractivity contribution in [3.05, 3.63) is 65.0 Å². The molecule has 1 aliphatic rings. The minimum atomic E-state index is -0.516. The third-order valence-corrected chi connectivity index (χ3v) is 6.27. The molecule has 3 rings (SSSR count). The number of hydrogen-bond acceptors (Lipinski definition) is 4. The zero-order valence-corrected chi connectivity index (χ0v) is 20.8. The lowest BCUT2D eigenvalue weighted by atomic mass is 9.88. The van der Waals surface area contributed by atoms with Crippen molar-refractivity contribution in [2.45, 2.75) is 59.0 Å². The standard InChI is InChI=1S/C27H37N3O3/c1-19-10-7-8-12-22(19)23(24-20(2)11-9-15-28-24)18-29(6)25(31)21-13-16-30(17-14-21)26(32)33-27(3,4)5/h7-12,15,21,23H,13-14,16-18H2,1-6H3. The van der Waals surface area contributed by atoms with Crippen LogP contribution in [-0.2, 0) is 9.53 Å². The van der Waals surface area contributed by atoms with Gasteiger partial charge in [0.15, 0.2) is 0 Å². The van der Waals surface area contributed by atoms with E-state index in [1.165, 1.54) is 11.1 Å². The van der Waals surface area contributed by atoms with Gasteiger partial charge in [-0.2, -0.15) is 0 Å². The summed E-state index contributed by atoms with van der Waals surface area (Å²) in [6.45, 7) is 11.4. The van der Waals surface area contributed by atoms with Crippen LogP contribution in [0.5, 0.6) is 0 Å². The number of hydrogen-bond donors (Lipinski definition) is 0. The lowest BCUT2D eigenvalue weighted by Crippen LogP contribution is -2.45. The number of carbonyl (C=O) groups excluding carboxylic acids is 2. The number of aryl methyl sites for hydroxylation is 2.